The maximum Gasteiger partial charge on any atom is 0.356 e. The van der Waals surface area contributed by atoms with Gasteiger partial charge in [-0.25, -0.2) is 9.78 Å². The second kappa shape index (κ2) is 4.67. The smallest absolute Gasteiger partial charge is 0.356 e. The largest absolute Gasteiger partial charge is 0.464 e. The van der Waals surface area contributed by atoms with Gasteiger partial charge in [0.25, 0.3) is 0 Å². The lowest BCUT2D eigenvalue weighted by Gasteiger charge is -2.01. The zero-order valence-corrected chi connectivity index (χ0v) is 8.22. The summed E-state index contributed by atoms with van der Waals surface area (Å²) >= 11 is 0. The Morgan fingerprint density at radius 1 is 1.62 bits per heavy atom. The number of hydrogen-bond acceptors (Lipinski definition) is 4. The summed E-state index contributed by atoms with van der Waals surface area (Å²) in [5.41, 5.74) is 7.20. The van der Waals surface area contributed by atoms with Gasteiger partial charge in [-0.2, -0.15) is 0 Å². The van der Waals surface area contributed by atoms with Gasteiger partial charge in [-0.15, -0.1) is 12.4 Å². The second-order valence-corrected chi connectivity index (χ2v) is 2.42. The van der Waals surface area contributed by atoms with E-state index >= 15 is 0 Å². The summed E-state index contributed by atoms with van der Waals surface area (Å²) in [4.78, 5) is 14.8. The summed E-state index contributed by atoms with van der Waals surface area (Å²) < 4.78 is 4.47. The molecule has 0 saturated carbocycles. The van der Waals surface area contributed by atoms with Crippen molar-refractivity contribution in [2.45, 2.75) is 6.92 Å². The monoisotopic (exact) mass is 202 g/mol. The Morgan fingerprint density at radius 3 is 2.69 bits per heavy atom. The van der Waals surface area contributed by atoms with Gasteiger partial charge in [0.15, 0.2) is 0 Å². The topological polar surface area (TPSA) is 65.2 Å². The molecule has 0 aromatic carbocycles. The number of nitrogens with two attached hydrogens (primary N) is 1. The van der Waals surface area contributed by atoms with Crippen LogP contribution in [0.1, 0.15) is 16.1 Å². The first kappa shape index (κ1) is 11.7. The van der Waals surface area contributed by atoms with E-state index in [9.17, 15) is 4.79 Å². The number of carbonyl (C=O) groups excluding carboxylic acids is 1. The molecule has 72 valence electrons. The third-order valence-electron chi connectivity index (χ3n) is 1.54. The first-order chi connectivity index (χ1) is 5.65. The molecule has 0 fully saturated rings. The van der Waals surface area contributed by atoms with Gasteiger partial charge >= 0.3 is 5.97 Å². The standard InChI is InChI=1S/C8H10N2O2.ClH/c1-5-4-10-7(3-6(5)9)8(11)12-2;/h3-4H,1-2H3,(H2,9,10);1H. The van der Waals surface area contributed by atoms with Crippen molar-refractivity contribution in [1.82, 2.24) is 4.98 Å². The maximum atomic E-state index is 10.9. The third kappa shape index (κ3) is 2.59. The number of esters is 1. The number of methoxy groups -OCH3 is 1. The summed E-state index contributed by atoms with van der Waals surface area (Å²) in [5, 5.41) is 0. The van der Waals surface area contributed by atoms with Crippen molar-refractivity contribution in [2.75, 3.05) is 12.8 Å². The maximum absolute atomic E-state index is 10.9. The molecule has 1 rings (SSSR count). The van der Waals surface area contributed by atoms with E-state index in [0.29, 0.717) is 5.69 Å². The summed E-state index contributed by atoms with van der Waals surface area (Å²) in [5.74, 6) is -0.471. The summed E-state index contributed by atoms with van der Waals surface area (Å²) in [6, 6.07) is 1.50. The van der Waals surface area contributed by atoms with Crippen molar-refractivity contribution in [1.29, 1.82) is 0 Å². The van der Waals surface area contributed by atoms with Crippen LogP contribution in [0.15, 0.2) is 12.3 Å². The normalized spacial score (nSPS) is 8.77. The molecule has 0 radical (unpaired) electrons. The van der Waals surface area contributed by atoms with Crippen LogP contribution in [0.2, 0.25) is 0 Å². The van der Waals surface area contributed by atoms with Crippen molar-refractivity contribution in [3.8, 4) is 0 Å². The minimum atomic E-state index is -0.471. The molecule has 1 aromatic rings. The number of rotatable bonds is 1. The number of anilines is 1. The molecule has 0 unspecified atom stereocenters. The van der Waals surface area contributed by atoms with Crippen molar-refractivity contribution < 1.29 is 9.53 Å². The Bertz CT molecular complexity index is 315. The average Bonchev–Trinajstić information content (AvgIpc) is 2.08. The fourth-order valence-corrected chi connectivity index (χ4v) is 0.755. The number of halogens is 1. The molecule has 0 aliphatic heterocycles. The van der Waals surface area contributed by atoms with Gasteiger partial charge in [0.2, 0.25) is 0 Å². The average molecular weight is 203 g/mol. The van der Waals surface area contributed by atoms with Crippen LogP contribution < -0.4 is 5.73 Å². The Labute approximate surface area is 82.5 Å². The molecule has 0 aliphatic carbocycles. The van der Waals surface area contributed by atoms with E-state index in [2.05, 4.69) is 9.72 Å². The summed E-state index contributed by atoms with van der Waals surface area (Å²) in [6.45, 7) is 1.82. The predicted molar refractivity (Wildman–Crippen MR) is 52.0 cm³/mol. The Kier molecular flexibility index (Phi) is 4.20. The van der Waals surface area contributed by atoms with E-state index in [1.165, 1.54) is 13.2 Å². The molecule has 5 heteroatoms. The molecule has 13 heavy (non-hydrogen) atoms. The van der Waals surface area contributed by atoms with Crippen LogP contribution in [0.4, 0.5) is 5.69 Å². The van der Waals surface area contributed by atoms with E-state index in [-0.39, 0.29) is 18.1 Å². The highest BCUT2D eigenvalue weighted by molar-refractivity contribution is 5.88. The highest BCUT2D eigenvalue weighted by Gasteiger charge is 2.07. The van der Waals surface area contributed by atoms with E-state index in [1.54, 1.807) is 6.20 Å². The van der Waals surface area contributed by atoms with Gasteiger partial charge in [-0.05, 0) is 18.6 Å². The Hall–Kier alpha value is -1.29. The number of nitrogens with zero attached hydrogens (tertiary/aromatic N) is 1. The van der Waals surface area contributed by atoms with Crippen molar-refractivity contribution in [2.24, 2.45) is 0 Å². The third-order valence-corrected chi connectivity index (χ3v) is 1.54. The van der Waals surface area contributed by atoms with Crippen molar-refractivity contribution in [3.63, 3.8) is 0 Å². The van der Waals surface area contributed by atoms with Crippen LogP contribution >= 0.6 is 12.4 Å². The number of aromatic nitrogens is 1. The minimum absolute atomic E-state index is 0. The lowest BCUT2D eigenvalue weighted by Crippen LogP contribution is -2.05. The zero-order valence-electron chi connectivity index (χ0n) is 7.40. The zero-order chi connectivity index (χ0) is 9.14. The van der Waals surface area contributed by atoms with Crippen LogP contribution in [-0.4, -0.2) is 18.1 Å². The van der Waals surface area contributed by atoms with Crippen molar-refractivity contribution in [3.05, 3.63) is 23.5 Å². The molecule has 1 heterocycles. The fraction of sp³-hybridized carbons (Fsp3) is 0.250. The summed E-state index contributed by atoms with van der Waals surface area (Å²) in [7, 11) is 1.31. The van der Waals surface area contributed by atoms with Gasteiger partial charge in [-0.3, -0.25) is 0 Å². The Balaban J connectivity index is 0.00000144. The SMILES string of the molecule is COC(=O)c1cc(N)c(C)cn1.Cl. The fourth-order valence-electron chi connectivity index (χ4n) is 0.755. The number of aryl methyl sites for hydroxylation is 1. The highest BCUT2D eigenvalue weighted by Crippen LogP contribution is 2.10. The van der Waals surface area contributed by atoms with Gasteiger partial charge in [0.1, 0.15) is 5.69 Å². The summed E-state index contributed by atoms with van der Waals surface area (Å²) in [6.07, 6.45) is 1.54. The van der Waals surface area contributed by atoms with Crippen molar-refractivity contribution >= 4 is 24.1 Å². The van der Waals surface area contributed by atoms with Crippen LogP contribution in [-0.2, 0) is 4.74 Å². The van der Waals surface area contributed by atoms with Crippen LogP contribution in [0, 0.1) is 6.92 Å². The molecule has 0 saturated heterocycles. The lowest BCUT2D eigenvalue weighted by molar-refractivity contribution is 0.0594. The molecule has 2 N–H and O–H groups in total. The molecule has 0 spiro atoms. The first-order valence-electron chi connectivity index (χ1n) is 3.45. The quantitative estimate of drug-likeness (QED) is 0.695. The molecule has 0 aliphatic rings. The molecular weight excluding hydrogens is 192 g/mol. The Morgan fingerprint density at radius 2 is 2.23 bits per heavy atom. The molecular formula is C8H11ClN2O2. The molecule has 4 nitrogen and oxygen atoms in total. The van der Waals surface area contributed by atoms with Gasteiger partial charge < -0.3 is 10.5 Å². The molecule has 0 amide bonds. The van der Waals surface area contributed by atoms with E-state index in [0.717, 1.165) is 5.56 Å². The van der Waals surface area contributed by atoms with Crippen LogP contribution in [0.25, 0.3) is 0 Å². The van der Waals surface area contributed by atoms with Gasteiger partial charge in [0.05, 0.1) is 7.11 Å². The van der Waals surface area contributed by atoms with Crippen LogP contribution in [0.5, 0.6) is 0 Å². The van der Waals surface area contributed by atoms with E-state index in [4.69, 9.17) is 5.73 Å². The van der Waals surface area contributed by atoms with E-state index < -0.39 is 5.97 Å². The lowest BCUT2D eigenvalue weighted by atomic mass is 10.2. The van der Waals surface area contributed by atoms with Gasteiger partial charge in [-0.1, -0.05) is 0 Å². The first-order valence-corrected chi connectivity index (χ1v) is 3.45. The number of hydrogen-bond donors (Lipinski definition) is 1. The number of ether oxygens (including phenoxy) is 1. The number of carbonyl (C=O) groups is 1. The number of pyridine rings is 1. The molecule has 0 atom stereocenters. The van der Waals surface area contributed by atoms with E-state index in [1.807, 2.05) is 6.92 Å². The molecule has 1 aromatic heterocycles. The minimum Gasteiger partial charge on any atom is -0.464 e. The second-order valence-electron chi connectivity index (χ2n) is 2.42. The van der Waals surface area contributed by atoms with Crippen LogP contribution in [0.3, 0.4) is 0 Å². The highest BCUT2D eigenvalue weighted by atomic mass is 35.5. The molecule has 0 bridgehead atoms. The predicted octanol–water partition coefficient (Wildman–Crippen LogP) is 1.18. The van der Waals surface area contributed by atoms with Gasteiger partial charge in [0, 0.05) is 11.9 Å². The number of nitrogen functional groups attached to an aromatic ring is 1.